The lowest BCUT2D eigenvalue weighted by Gasteiger charge is -2.05. The Bertz CT molecular complexity index is 954. The molecule has 21 heavy (non-hydrogen) atoms. The molecular weight excluding hydrogens is 268 g/mol. The quantitative estimate of drug-likeness (QED) is 0.585. The molecule has 0 aliphatic rings. The predicted molar refractivity (Wildman–Crippen MR) is 77.0 cm³/mol. The first-order chi connectivity index (χ1) is 10.3. The second-order valence-corrected chi connectivity index (χ2v) is 4.63. The summed E-state index contributed by atoms with van der Waals surface area (Å²) < 4.78 is 1.46. The maximum absolute atomic E-state index is 12.3. The van der Waals surface area contributed by atoms with E-state index in [-0.39, 0.29) is 5.91 Å². The van der Waals surface area contributed by atoms with E-state index in [1.54, 1.807) is 18.3 Å². The molecule has 0 bridgehead atoms. The number of pyridine rings is 1. The fraction of sp³-hybridized carbons (Fsp3) is 0. The number of nitrogens with one attached hydrogen (secondary N) is 2. The van der Waals surface area contributed by atoms with Gasteiger partial charge >= 0.3 is 0 Å². The number of H-pyrrole nitrogens is 1. The molecular formula is C14H10N6O. The Morgan fingerprint density at radius 1 is 1.19 bits per heavy atom. The molecule has 102 valence electrons. The number of hydrogen-bond donors (Lipinski definition) is 2. The zero-order valence-electron chi connectivity index (χ0n) is 10.8. The van der Waals surface area contributed by atoms with Crippen molar-refractivity contribution in [1.82, 2.24) is 25.0 Å². The van der Waals surface area contributed by atoms with Gasteiger partial charge in [-0.05, 0) is 46.1 Å². The Balaban J connectivity index is 1.64. The maximum atomic E-state index is 12.3. The topological polar surface area (TPSA) is 88.0 Å². The number of tetrazole rings is 1. The van der Waals surface area contributed by atoms with Crippen LogP contribution in [0.15, 0.2) is 48.8 Å². The Kier molecular flexibility index (Phi) is 2.43. The summed E-state index contributed by atoms with van der Waals surface area (Å²) in [5.74, 6) is -0.210. The highest BCUT2D eigenvalue weighted by atomic mass is 16.1. The van der Waals surface area contributed by atoms with Crippen LogP contribution in [0.25, 0.3) is 16.6 Å². The first-order valence-electron chi connectivity index (χ1n) is 6.36. The third-order valence-electron chi connectivity index (χ3n) is 3.27. The summed E-state index contributed by atoms with van der Waals surface area (Å²) in [5.41, 5.74) is 2.79. The van der Waals surface area contributed by atoms with Crippen molar-refractivity contribution in [3.05, 3.63) is 54.4 Å². The van der Waals surface area contributed by atoms with Gasteiger partial charge in [0.05, 0.1) is 5.56 Å². The fourth-order valence-corrected chi connectivity index (χ4v) is 2.20. The lowest BCUT2D eigenvalue weighted by Crippen LogP contribution is -2.12. The van der Waals surface area contributed by atoms with Gasteiger partial charge in [-0.1, -0.05) is 6.07 Å². The van der Waals surface area contributed by atoms with E-state index < -0.39 is 0 Å². The van der Waals surface area contributed by atoms with Crippen molar-refractivity contribution in [2.24, 2.45) is 0 Å². The van der Waals surface area contributed by atoms with E-state index in [0.717, 1.165) is 16.6 Å². The number of carbonyl (C=O) groups is 1. The number of aromatic nitrogens is 5. The van der Waals surface area contributed by atoms with Gasteiger partial charge in [0.2, 0.25) is 0 Å². The van der Waals surface area contributed by atoms with Gasteiger partial charge in [0.1, 0.15) is 0 Å². The molecule has 0 saturated carbocycles. The molecule has 0 saturated heterocycles. The van der Waals surface area contributed by atoms with Gasteiger partial charge in [0, 0.05) is 23.6 Å². The van der Waals surface area contributed by atoms with Crippen LogP contribution in [0.4, 0.5) is 5.69 Å². The summed E-state index contributed by atoms with van der Waals surface area (Å²) in [7, 11) is 0. The normalized spacial score (nSPS) is 11.0. The van der Waals surface area contributed by atoms with Gasteiger partial charge in [-0.15, -0.1) is 5.10 Å². The average molecular weight is 278 g/mol. The number of carbonyl (C=O) groups excluding carboxylic acids is 1. The van der Waals surface area contributed by atoms with Gasteiger partial charge in [-0.3, -0.25) is 4.79 Å². The van der Waals surface area contributed by atoms with Gasteiger partial charge < -0.3 is 10.3 Å². The Hall–Kier alpha value is -3.22. The lowest BCUT2D eigenvalue weighted by atomic mass is 10.2. The van der Waals surface area contributed by atoms with Crippen LogP contribution in [0.5, 0.6) is 0 Å². The molecule has 7 nitrogen and oxygen atoms in total. The summed E-state index contributed by atoms with van der Waals surface area (Å²) in [5, 5.41) is 15.1. The molecule has 0 unspecified atom stereocenters. The first kappa shape index (κ1) is 11.6. The number of benzene rings is 1. The number of anilines is 1. The van der Waals surface area contributed by atoms with Gasteiger partial charge in [-0.25, -0.2) is 0 Å². The molecule has 0 radical (unpaired) electrons. The zero-order valence-corrected chi connectivity index (χ0v) is 10.8. The first-order valence-corrected chi connectivity index (χ1v) is 6.36. The van der Waals surface area contributed by atoms with Gasteiger partial charge in [-0.2, -0.15) is 4.52 Å². The van der Waals surface area contributed by atoms with E-state index in [2.05, 4.69) is 25.8 Å². The van der Waals surface area contributed by atoms with Crippen molar-refractivity contribution < 1.29 is 4.79 Å². The van der Waals surface area contributed by atoms with Crippen LogP contribution >= 0.6 is 0 Å². The summed E-state index contributed by atoms with van der Waals surface area (Å²) >= 11 is 0. The Labute approximate surface area is 118 Å². The Morgan fingerprint density at radius 3 is 3.10 bits per heavy atom. The molecule has 3 heterocycles. The minimum Gasteiger partial charge on any atom is -0.361 e. The van der Waals surface area contributed by atoms with E-state index in [0.29, 0.717) is 11.2 Å². The van der Waals surface area contributed by atoms with Crippen molar-refractivity contribution in [2.75, 3.05) is 5.32 Å². The van der Waals surface area contributed by atoms with Crippen LogP contribution in [0.1, 0.15) is 10.4 Å². The third kappa shape index (κ3) is 2.00. The number of rotatable bonds is 2. The van der Waals surface area contributed by atoms with Crippen molar-refractivity contribution in [3.63, 3.8) is 0 Å². The Morgan fingerprint density at radius 2 is 2.14 bits per heavy atom. The highest BCUT2D eigenvalue weighted by Crippen LogP contribution is 2.18. The second-order valence-electron chi connectivity index (χ2n) is 4.63. The van der Waals surface area contributed by atoms with E-state index >= 15 is 0 Å². The van der Waals surface area contributed by atoms with E-state index in [1.165, 1.54) is 4.52 Å². The zero-order chi connectivity index (χ0) is 14.2. The fourth-order valence-electron chi connectivity index (χ4n) is 2.20. The molecule has 0 aliphatic heterocycles. The van der Waals surface area contributed by atoms with Gasteiger partial charge in [0.15, 0.2) is 5.65 Å². The summed E-state index contributed by atoms with van der Waals surface area (Å²) in [6.45, 7) is 0. The predicted octanol–water partition coefficient (Wildman–Crippen LogP) is 1.86. The highest BCUT2D eigenvalue weighted by Gasteiger charge is 2.08. The lowest BCUT2D eigenvalue weighted by molar-refractivity contribution is 0.102. The standard InChI is InChI=1S/C14H10N6O/c21-14(10-2-4-13-17-18-19-20(13)8-10)16-11-3-1-9-5-6-15-12(9)7-11/h1-8,15H,(H,16,21). The molecule has 0 aliphatic carbocycles. The van der Waals surface area contributed by atoms with Crippen molar-refractivity contribution in [3.8, 4) is 0 Å². The smallest absolute Gasteiger partial charge is 0.257 e. The van der Waals surface area contributed by atoms with E-state index in [1.807, 2.05) is 30.5 Å². The molecule has 0 fully saturated rings. The monoisotopic (exact) mass is 278 g/mol. The van der Waals surface area contributed by atoms with Crippen LogP contribution in [-0.2, 0) is 0 Å². The van der Waals surface area contributed by atoms with E-state index in [9.17, 15) is 4.79 Å². The molecule has 1 amide bonds. The van der Waals surface area contributed by atoms with Crippen molar-refractivity contribution in [2.45, 2.75) is 0 Å². The third-order valence-corrected chi connectivity index (χ3v) is 3.27. The molecule has 4 rings (SSSR count). The van der Waals surface area contributed by atoms with Crippen LogP contribution < -0.4 is 5.32 Å². The number of amides is 1. The number of hydrogen-bond acceptors (Lipinski definition) is 4. The summed E-state index contributed by atoms with van der Waals surface area (Å²) in [4.78, 5) is 15.4. The molecule has 3 aromatic heterocycles. The highest BCUT2D eigenvalue weighted by molar-refractivity contribution is 6.05. The second kappa shape index (κ2) is 4.41. The molecule has 4 aromatic rings. The minimum atomic E-state index is -0.210. The van der Waals surface area contributed by atoms with Crippen LogP contribution in [-0.4, -0.2) is 30.9 Å². The molecule has 2 N–H and O–H groups in total. The SMILES string of the molecule is O=C(Nc1ccc2cc[nH]c2c1)c1ccc2nnnn2c1. The van der Waals surface area contributed by atoms with Crippen LogP contribution in [0.3, 0.4) is 0 Å². The summed E-state index contributed by atoms with van der Waals surface area (Å²) in [6.07, 6.45) is 3.46. The van der Waals surface area contributed by atoms with Crippen molar-refractivity contribution >= 4 is 28.1 Å². The molecule has 1 aromatic carbocycles. The number of fused-ring (bicyclic) bond motifs is 2. The minimum absolute atomic E-state index is 0.210. The maximum Gasteiger partial charge on any atom is 0.257 e. The van der Waals surface area contributed by atoms with Crippen LogP contribution in [0, 0.1) is 0 Å². The number of nitrogens with zero attached hydrogens (tertiary/aromatic N) is 4. The molecule has 0 atom stereocenters. The molecule has 7 heteroatoms. The average Bonchev–Trinajstić information content (AvgIpc) is 3.14. The largest absolute Gasteiger partial charge is 0.361 e. The molecule has 0 spiro atoms. The van der Waals surface area contributed by atoms with Gasteiger partial charge in [0.25, 0.3) is 5.91 Å². The number of aromatic amines is 1. The van der Waals surface area contributed by atoms with Crippen molar-refractivity contribution in [1.29, 1.82) is 0 Å². The van der Waals surface area contributed by atoms with Crippen LogP contribution in [0.2, 0.25) is 0 Å². The summed E-state index contributed by atoms with van der Waals surface area (Å²) in [6, 6.07) is 11.1. The van der Waals surface area contributed by atoms with E-state index in [4.69, 9.17) is 0 Å².